The molecule has 0 aliphatic carbocycles. The van der Waals surface area contributed by atoms with Gasteiger partial charge in [0.25, 0.3) is 0 Å². The largest absolute Gasteiger partial charge is 0.493 e. The minimum Gasteiger partial charge on any atom is -0.493 e. The molecule has 1 rings (SSSR count). The van der Waals surface area contributed by atoms with E-state index in [1.165, 1.54) is 0 Å². The average Bonchev–Trinajstić information content (AvgIpc) is 2.34. The SMILES string of the molecule is CCCOc1cc(N)cc(NC(C)C(=O)N(C)C)c1. The Balaban J connectivity index is 2.77. The van der Waals surface area contributed by atoms with E-state index in [0.717, 1.165) is 12.1 Å². The number of nitrogens with zero attached hydrogens (tertiary/aromatic N) is 1. The monoisotopic (exact) mass is 265 g/mol. The van der Waals surface area contributed by atoms with Crippen molar-refractivity contribution < 1.29 is 9.53 Å². The van der Waals surface area contributed by atoms with Crippen molar-refractivity contribution in [1.82, 2.24) is 4.90 Å². The van der Waals surface area contributed by atoms with Crippen LogP contribution in [0.1, 0.15) is 20.3 Å². The molecule has 19 heavy (non-hydrogen) atoms. The van der Waals surface area contributed by atoms with Crippen molar-refractivity contribution in [2.45, 2.75) is 26.3 Å². The molecule has 0 spiro atoms. The number of rotatable bonds is 6. The smallest absolute Gasteiger partial charge is 0.244 e. The lowest BCUT2D eigenvalue weighted by atomic mass is 10.2. The van der Waals surface area contributed by atoms with Gasteiger partial charge in [-0.15, -0.1) is 0 Å². The van der Waals surface area contributed by atoms with Crippen molar-refractivity contribution in [3.63, 3.8) is 0 Å². The molecule has 0 aromatic heterocycles. The van der Waals surface area contributed by atoms with Crippen LogP contribution in [0.4, 0.5) is 11.4 Å². The summed E-state index contributed by atoms with van der Waals surface area (Å²) in [5.41, 5.74) is 7.23. The highest BCUT2D eigenvalue weighted by Crippen LogP contribution is 2.23. The summed E-state index contributed by atoms with van der Waals surface area (Å²) >= 11 is 0. The topological polar surface area (TPSA) is 67.6 Å². The zero-order chi connectivity index (χ0) is 14.4. The number of nitrogens with two attached hydrogens (primary N) is 1. The first kappa shape index (κ1) is 15.1. The average molecular weight is 265 g/mol. The highest BCUT2D eigenvalue weighted by atomic mass is 16.5. The number of amides is 1. The van der Waals surface area contributed by atoms with E-state index >= 15 is 0 Å². The number of nitrogen functional groups attached to an aromatic ring is 1. The quantitative estimate of drug-likeness (QED) is 0.771. The van der Waals surface area contributed by atoms with E-state index in [9.17, 15) is 4.79 Å². The van der Waals surface area contributed by atoms with Crippen LogP contribution < -0.4 is 15.8 Å². The molecule has 0 fully saturated rings. The molecule has 1 aromatic carbocycles. The van der Waals surface area contributed by atoms with E-state index in [4.69, 9.17) is 10.5 Å². The van der Waals surface area contributed by atoms with Gasteiger partial charge < -0.3 is 20.7 Å². The van der Waals surface area contributed by atoms with Gasteiger partial charge >= 0.3 is 0 Å². The van der Waals surface area contributed by atoms with Crippen LogP contribution >= 0.6 is 0 Å². The number of carbonyl (C=O) groups is 1. The molecular weight excluding hydrogens is 242 g/mol. The van der Waals surface area contributed by atoms with Crippen molar-refractivity contribution in [1.29, 1.82) is 0 Å². The maximum Gasteiger partial charge on any atom is 0.244 e. The maximum atomic E-state index is 11.8. The standard InChI is InChI=1S/C14H23N3O2/c1-5-6-19-13-8-11(15)7-12(9-13)16-10(2)14(18)17(3)4/h7-10,16H,5-6,15H2,1-4H3. The summed E-state index contributed by atoms with van der Waals surface area (Å²) in [6, 6.07) is 5.11. The van der Waals surface area contributed by atoms with Crippen molar-refractivity contribution >= 4 is 17.3 Å². The van der Waals surface area contributed by atoms with E-state index in [1.54, 1.807) is 31.1 Å². The van der Waals surface area contributed by atoms with Gasteiger partial charge in [-0.25, -0.2) is 0 Å². The molecule has 0 bridgehead atoms. The molecule has 0 aliphatic rings. The fourth-order valence-electron chi connectivity index (χ4n) is 1.71. The Morgan fingerprint density at radius 3 is 2.68 bits per heavy atom. The lowest BCUT2D eigenvalue weighted by Gasteiger charge is -2.19. The van der Waals surface area contributed by atoms with Gasteiger partial charge in [0.15, 0.2) is 0 Å². The van der Waals surface area contributed by atoms with Gasteiger partial charge in [0.05, 0.1) is 6.61 Å². The first-order chi connectivity index (χ1) is 8.93. The van der Waals surface area contributed by atoms with Gasteiger partial charge in [0, 0.05) is 37.6 Å². The molecule has 5 nitrogen and oxygen atoms in total. The van der Waals surface area contributed by atoms with E-state index in [1.807, 2.05) is 19.9 Å². The molecule has 0 radical (unpaired) electrons. The molecule has 1 atom stereocenters. The fraction of sp³-hybridized carbons (Fsp3) is 0.500. The number of hydrogen-bond acceptors (Lipinski definition) is 4. The molecular formula is C14H23N3O2. The van der Waals surface area contributed by atoms with Gasteiger partial charge in [-0.3, -0.25) is 4.79 Å². The minimum absolute atomic E-state index is 0.0125. The molecule has 0 heterocycles. The number of nitrogens with one attached hydrogen (secondary N) is 1. The maximum absolute atomic E-state index is 11.8. The second-order valence-electron chi connectivity index (χ2n) is 4.74. The zero-order valence-corrected chi connectivity index (χ0v) is 12.1. The number of likely N-dealkylation sites (N-methyl/N-ethyl adjacent to an activating group) is 1. The molecule has 3 N–H and O–H groups in total. The van der Waals surface area contributed by atoms with Crippen molar-refractivity contribution in [2.24, 2.45) is 0 Å². The van der Waals surface area contributed by atoms with Gasteiger partial charge in [0.1, 0.15) is 11.8 Å². The summed E-state index contributed by atoms with van der Waals surface area (Å²) in [6.45, 7) is 4.51. The van der Waals surface area contributed by atoms with Gasteiger partial charge in [-0.1, -0.05) is 6.92 Å². The fourth-order valence-corrected chi connectivity index (χ4v) is 1.71. The molecule has 0 saturated heterocycles. The third kappa shape index (κ3) is 4.69. The molecule has 0 saturated carbocycles. The minimum atomic E-state index is -0.309. The predicted octanol–water partition coefficient (Wildman–Crippen LogP) is 1.95. The Hall–Kier alpha value is -1.91. The van der Waals surface area contributed by atoms with Crippen LogP contribution in [-0.4, -0.2) is 37.6 Å². The third-order valence-electron chi connectivity index (χ3n) is 2.60. The Labute approximate surface area is 114 Å². The molecule has 1 aromatic rings. The third-order valence-corrected chi connectivity index (χ3v) is 2.60. The Morgan fingerprint density at radius 1 is 1.42 bits per heavy atom. The first-order valence-corrected chi connectivity index (χ1v) is 6.45. The zero-order valence-electron chi connectivity index (χ0n) is 12.1. The van der Waals surface area contributed by atoms with Crippen LogP contribution in [-0.2, 0) is 4.79 Å². The normalized spacial score (nSPS) is 11.8. The van der Waals surface area contributed by atoms with Gasteiger partial charge in [-0.05, 0) is 19.4 Å². The Bertz CT molecular complexity index is 433. The van der Waals surface area contributed by atoms with Crippen LogP contribution in [0.5, 0.6) is 5.75 Å². The van der Waals surface area contributed by atoms with Crippen LogP contribution in [0.3, 0.4) is 0 Å². The molecule has 106 valence electrons. The van der Waals surface area contributed by atoms with E-state index in [0.29, 0.717) is 18.0 Å². The summed E-state index contributed by atoms with van der Waals surface area (Å²) < 4.78 is 5.55. The van der Waals surface area contributed by atoms with Gasteiger partial charge in [0.2, 0.25) is 5.91 Å². The number of hydrogen-bond donors (Lipinski definition) is 2. The lowest BCUT2D eigenvalue weighted by Crippen LogP contribution is -2.36. The second kappa shape index (κ2) is 6.87. The predicted molar refractivity (Wildman–Crippen MR) is 78.4 cm³/mol. The first-order valence-electron chi connectivity index (χ1n) is 6.45. The van der Waals surface area contributed by atoms with Crippen LogP contribution in [0.15, 0.2) is 18.2 Å². The number of ether oxygens (including phenoxy) is 1. The van der Waals surface area contributed by atoms with Crippen molar-refractivity contribution in [3.8, 4) is 5.75 Å². The van der Waals surface area contributed by atoms with Crippen LogP contribution in [0.2, 0.25) is 0 Å². The van der Waals surface area contributed by atoms with Gasteiger partial charge in [-0.2, -0.15) is 0 Å². The summed E-state index contributed by atoms with van der Waals surface area (Å²) in [7, 11) is 3.46. The highest BCUT2D eigenvalue weighted by Gasteiger charge is 2.14. The van der Waals surface area contributed by atoms with Crippen LogP contribution in [0.25, 0.3) is 0 Å². The number of anilines is 2. The van der Waals surface area contributed by atoms with E-state index in [-0.39, 0.29) is 11.9 Å². The molecule has 0 aliphatic heterocycles. The van der Waals surface area contributed by atoms with Crippen LogP contribution in [0, 0.1) is 0 Å². The number of carbonyl (C=O) groups excluding carboxylic acids is 1. The second-order valence-corrected chi connectivity index (χ2v) is 4.74. The highest BCUT2D eigenvalue weighted by molar-refractivity contribution is 5.84. The number of benzene rings is 1. The molecule has 1 unspecified atom stereocenters. The Morgan fingerprint density at radius 2 is 2.11 bits per heavy atom. The van der Waals surface area contributed by atoms with Crippen molar-refractivity contribution in [2.75, 3.05) is 31.8 Å². The molecule has 1 amide bonds. The van der Waals surface area contributed by atoms with E-state index < -0.39 is 0 Å². The Kier molecular flexibility index (Phi) is 5.48. The lowest BCUT2D eigenvalue weighted by molar-refractivity contribution is -0.129. The summed E-state index contributed by atoms with van der Waals surface area (Å²) in [4.78, 5) is 13.3. The summed E-state index contributed by atoms with van der Waals surface area (Å²) in [5.74, 6) is 0.729. The summed E-state index contributed by atoms with van der Waals surface area (Å²) in [5, 5.41) is 3.13. The van der Waals surface area contributed by atoms with Crippen molar-refractivity contribution in [3.05, 3.63) is 18.2 Å². The summed E-state index contributed by atoms with van der Waals surface area (Å²) in [6.07, 6.45) is 0.938. The van der Waals surface area contributed by atoms with E-state index in [2.05, 4.69) is 5.32 Å². The molecule has 5 heteroatoms.